The first-order chi connectivity index (χ1) is 17.2. The van der Waals surface area contributed by atoms with Gasteiger partial charge in [-0.25, -0.2) is 9.78 Å². The number of nitrogens with zero attached hydrogens (tertiary/aromatic N) is 1. The van der Waals surface area contributed by atoms with Gasteiger partial charge in [0.05, 0.1) is 4.88 Å². The standard InChI is InChI=1S/C22H11F8NO4S2/c23-18(24)34-11-3-1-2-10(6-11)14-8-17(32)35-15-7-12(4-5-13(14)15)36-19-31-9-16(37-19)20(33,21(25,26)27)22(28,29)30/h1-9,18,33H. The van der Waals surface area contributed by atoms with Crippen LogP contribution in [0.5, 0.6) is 5.75 Å². The van der Waals surface area contributed by atoms with Crippen LogP contribution in [0.25, 0.3) is 22.1 Å². The summed E-state index contributed by atoms with van der Waals surface area (Å²) in [5.74, 6) is -0.154. The third-order valence-corrected chi connectivity index (χ3v) is 7.12. The minimum Gasteiger partial charge on any atom is -0.435 e. The number of aromatic nitrogens is 1. The van der Waals surface area contributed by atoms with Crippen molar-refractivity contribution >= 4 is 34.1 Å². The van der Waals surface area contributed by atoms with E-state index in [4.69, 9.17) is 4.42 Å². The third-order valence-electron chi connectivity index (χ3n) is 4.95. The molecule has 0 aliphatic carbocycles. The topological polar surface area (TPSA) is 72.6 Å². The van der Waals surface area contributed by atoms with Gasteiger partial charge in [0.15, 0.2) is 4.34 Å². The van der Waals surface area contributed by atoms with E-state index < -0.39 is 35.1 Å². The van der Waals surface area contributed by atoms with E-state index in [0.717, 1.165) is 6.07 Å². The maximum Gasteiger partial charge on any atom is 0.431 e. The SMILES string of the molecule is O=c1cc(-c2cccc(OC(F)F)c2)c2ccc(Sc3ncc(C(O)(C(F)(F)F)C(F)(F)F)s3)cc2o1. The first-order valence-corrected chi connectivity index (χ1v) is 11.5. The van der Waals surface area contributed by atoms with Crippen LogP contribution in [-0.2, 0) is 5.60 Å². The van der Waals surface area contributed by atoms with Crippen LogP contribution in [0.15, 0.2) is 73.2 Å². The Balaban J connectivity index is 1.69. The highest BCUT2D eigenvalue weighted by molar-refractivity contribution is 8.01. The van der Waals surface area contributed by atoms with Crippen LogP contribution < -0.4 is 10.4 Å². The van der Waals surface area contributed by atoms with Gasteiger partial charge in [-0.1, -0.05) is 23.9 Å². The van der Waals surface area contributed by atoms with Gasteiger partial charge in [0.2, 0.25) is 0 Å². The monoisotopic (exact) mass is 569 g/mol. The number of hydrogen-bond donors (Lipinski definition) is 1. The van der Waals surface area contributed by atoms with E-state index in [2.05, 4.69) is 9.72 Å². The van der Waals surface area contributed by atoms with Crippen molar-refractivity contribution in [2.75, 3.05) is 0 Å². The highest BCUT2D eigenvalue weighted by atomic mass is 32.2. The zero-order chi connectivity index (χ0) is 27.2. The maximum absolute atomic E-state index is 13.1. The van der Waals surface area contributed by atoms with Gasteiger partial charge >= 0.3 is 24.6 Å². The van der Waals surface area contributed by atoms with Crippen molar-refractivity contribution in [2.24, 2.45) is 0 Å². The van der Waals surface area contributed by atoms with Gasteiger partial charge in [-0.2, -0.15) is 35.1 Å². The smallest absolute Gasteiger partial charge is 0.431 e. The molecule has 4 aromatic rings. The van der Waals surface area contributed by atoms with E-state index in [1.54, 1.807) is 0 Å². The summed E-state index contributed by atoms with van der Waals surface area (Å²) in [6, 6.07) is 10.9. The molecule has 0 atom stereocenters. The zero-order valence-electron chi connectivity index (χ0n) is 17.7. The highest BCUT2D eigenvalue weighted by Gasteiger charge is 2.72. The molecular weight excluding hydrogens is 558 g/mol. The summed E-state index contributed by atoms with van der Waals surface area (Å²) < 4.78 is 113. The van der Waals surface area contributed by atoms with E-state index in [1.165, 1.54) is 42.5 Å². The van der Waals surface area contributed by atoms with Crippen molar-refractivity contribution in [2.45, 2.75) is 33.8 Å². The van der Waals surface area contributed by atoms with E-state index in [1.807, 2.05) is 0 Å². The molecule has 0 aliphatic heterocycles. The molecule has 0 spiro atoms. The molecular formula is C22H11F8NO4S2. The second-order valence-corrected chi connectivity index (χ2v) is 9.69. The number of halogens is 8. The summed E-state index contributed by atoms with van der Waals surface area (Å²) >= 11 is 0.671. The van der Waals surface area contributed by atoms with E-state index in [9.17, 15) is 45.0 Å². The number of alkyl halides is 8. The van der Waals surface area contributed by atoms with Gasteiger partial charge in [-0.05, 0) is 41.5 Å². The van der Waals surface area contributed by atoms with Crippen LogP contribution in [-0.4, -0.2) is 29.1 Å². The number of thiazole rings is 1. The molecule has 0 bridgehead atoms. The number of benzene rings is 2. The molecule has 4 rings (SSSR count). The van der Waals surface area contributed by atoms with E-state index in [-0.39, 0.29) is 31.9 Å². The van der Waals surface area contributed by atoms with Crippen LogP contribution in [0.1, 0.15) is 4.88 Å². The lowest BCUT2D eigenvalue weighted by Crippen LogP contribution is -2.53. The van der Waals surface area contributed by atoms with Crippen molar-refractivity contribution in [1.82, 2.24) is 4.98 Å². The third kappa shape index (κ3) is 5.29. The Morgan fingerprint density at radius 3 is 2.35 bits per heavy atom. The fraction of sp³-hybridized carbons (Fsp3) is 0.182. The van der Waals surface area contributed by atoms with Gasteiger partial charge in [-0.3, -0.25) is 0 Å². The van der Waals surface area contributed by atoms with Gasteiger partial charge in [0, 0.05) is 22.5 Å². The molecule has 2 heterocycles. The van der Waals surface area contributed by atoms with Crippen LogP contribution >= 0.6 is 23.1 Å². The second kappa shape index (κ2) is 9.61. The largest absolute Gasteiger partial charge is 0.435 e. The Bertz CT molecular complexity index is 1480. The van der Waals surface area contributed by atoms with Crippen molar-refractivity contribution in [3.63, 3.8) is 0 Å². The highest BCUT2D eigenvalue weighted by Crippen LogP contribution is 2.52. The molecule has 2 aromatic heterocycles. The number of fused-ring (bicyclic) bond motifs is 1. The zero-order valence-corrected chi connectivity index (χ0v) is 19.4. The summed E-state index contributed by atoms with van der Waals surface area (Å²) in [6.45, 7) is -3.07. The molecule has 2 aromatic carbocycles. The van der Waals surface area contributed by atoms with Gasteiger partial charge in [-0.15, -0.1) is 11.3 Å². The lowest BCUT2D eigenvalue weighted by atomic mass is 10.0. The number of aliphatic hydroxyl groups is 1. The molecule has 0 radical (unpaired) electrons. The molecule has 0 amide bonds. The summed E-state index contributed by atoms with van der Waals surface area (Å²) in [5.41, 5.74) is -5.24. The second-order valence-electron chi connectivity index (χ2n) is 7.34. The number of hydrogen-bond acceptors (Lipinski definition) is 7. The predicted molar refractivity (Wildman–Crippen MR) is 117 cm³/mol. The van der Waals surface area contributed by atoms with Crippen LogP contribution in [0.2, 0.25) is 0 Å². The minimum absolute atomic E-state index is 0.00230. The number of rotatable bonds is 6. The fourth-order valence-electron chi connectivity index (χ4n) is 3.30. The molecule has 0 saturated carbocycles. The average molecular weight is 569 g/mol. The van der Waals surface area contributed by atoms with Gasteiger partial charge in [0.25, 0.3) is 5.60 Å². The maximum atomic E-state index is 13.1. The Hall–Kier alpha value is -3.17. The van der Waals surface area contributed by atoms with Crippen molar-refractivity contribution in [1.29, 1.82) is 0 Å². The Morgan fingerprint density at radius 2 is 1.70 bits per heavy atom. The predicted octanol–water partition coefficient (Wildman–Crippen LogP) is 6.98. The Labute approximate surface area is 209 Å². The molecule has 5 nitrogen and oxygen atoms in total. The lowest BCUT2D eigenvalue weighted by Gasteiger charge is -2.30. The van der Waals surface area contributed by atoms with Crippen molar-refractivity contribution in [3.8, 4) is 16.9 Å². The van der Waals surface area contributed by atoms with Crippen LogP contribution in [0.4, 0.5) is 35.1 Å². The van der Waals surface area contributed by atoms with Crippen LogP contribution in [0, 0.1) is 0 Å². The minimum atomic E-state index is -6.04. The molecule has 0 saturated heterocycles. The first kappa shape index (κ1) is 26.9. The van der Waals surface area contributed by atoms with E-state index in [0.29, 0.717) is 34.5 Å². The molecule has 196 valence electrons. The van der Waals surface area contributed by atoms with Gasteiger partial charge in [0.1, 0.15) is 11.3 Å². The average Bonchev–Trinajstić information content (AvgIpc) is 3.24. The summed E-state index contributed by atoms with van der Waals surface area (Å²) in [4.78, 5) is 14.5. The summed E-state index contributed by atoms with van der Waals surface area (Å²) in [5, 5.41) is 9.89. The Morgan fingerprint density at radius 1 is 1.00 bits per heavy atom. The summed E-state index contributed by atoms with van der Waals surface area (Å²) in [6.07, 6.45) is -11.8. The molecule has 15 heteroatoms. The number of ether oxygens (including phenoxy) is 1. The normalized spacial score (nSPS) is 12.9. The molecule has 0 aliphatic rings. The van der Waals surface area contributed by atoms with Crippen LogP contribution in [0.3, 0.4) is 0 Å². The lowest BCUT2D eigenvalue weighted by molar-refractivity contribution is -0.375. The molecule has 1 N–H and O–H groups in total. The van der Waals surface area contributed by atoms with Crippen molar-refractivity contribution < 1.29 is 49.4 Å². The van der Waals surface area contributed by atoms with Gasteiger partial charge < -0.3 is 14.3 Å². The first-order valence-electron chi connectivity index (χ1n) is 9.82. The van der Waals surface area contributed by atoms with E-state index >= 15 is 0 Å². The molecule has 37 heavy (non-hydrogen) atoms. The summed E-state index contributed by atoms with van der Waals surface area (Å²) in [7, 11) is 0. The molecule has 0 fully saturated rings. The molecule has 0 unspecified atom stereocenters. The fourth-order valence-corrected chi connectivity index (χ4v) is 5.41. The Kier molecular flexibility index (Phi) is 6.98. The quantitative estimate of drug-likeness (QED) is 0.200. The van der Waals surface area contributed by atoms with Crippen molar-refractivity contribution in [3.05, 3.63) is 70.0 Å².